The summed E-state index contributed by atoms with van der Waals surface area (Å²) in [7, 11) is 1.63. The van der Waals surface area contributed by atoms with Gasteiger partial charge in [0.15, 0.2) is 0 Å². The third-order valence-corrected chi connectivity index (χ3v) is 2.92. The van der Waals surface area contributed by atoms with E-state index in [0.29, 0.717) is 26.0 Å². The van der Waals surface area contributed by atoms with Crippen LogP contribution < -0.4 is 10.6 Å². The normalized spacial score (nSPS) is 17.1. The van der Waals surface area contributed by atoms with Gasteiger partial charge in [-0.15, -0.1) is 0 Å². The van der Waals surface area contributed by atoms with Crippen LogP contribution in [0.2, 0.25) is 0 Å². The second kappa shape index (κ2) is 5.69. The van der Waals surface area contributed by atoms with Gasteiger partial charge < -0.3 is 15.4 Å². The molecular formula is C13H24N2O3. The van der Waals surface area contributed by atoms with Crippen molar-refractivity contribution in [3.63, 3.8) is 0 Å². The summed E-state index contributed by atoms with van der Waals surface area (Å²) in [5.41, 5.74) is -1.12. The quantitative estimate of drug-likeness (QED) is 0.546. The maximum atomic E-state index is 12.1. The number of nitrogens with one attached hydrogen (secondary N) is 2. The largest absolute Gasteiger partial charge is 0.385 e. The monoisotopic (exact) mass is 256 g/mol. The molecule has 1 aliphatic rings. The van der Waals surface area contributed by atoms with Gasteiger partial charge in [0, 0.05) is 25.8 Å². The Labute approximate surface area is 109 Å². The summed E-state index contributed by atoms with van der Waals surface area (Å²) in [5, 5.41) is 5.69. The van der Waals surface area contributed by atoms with Crippen molar-refractivity contribution in [2.45, 2.75) is 45.6 Å². The molecule has 0 aliphatic heterocycles. The summed E-state index contributed by atoms with van der Waals surface area (Å²) in [5.74, 6) is -0.306. The Bertz CT molecular complexity index is 317. The Balaban J connectivity index is 2.43. The maximum absolute atomic E-state index is 12.1. The number of ether oxygens (including phenoxy) is 1. The van der Waals surface area contributed by atoms with Crippen LogP contribution in [-0.4, -0.2) is 37.6 Å². The minimum atomic E-state index is -0.819. The van der Waals surface area contributed by atoms with E-state index in [0.717, 1.165) is 6.42 Å². The first kappa shape index (κ1) is 15.0. The fourth-order valence-electron chi connectivity index (χ4n) is 1.73. The van der Waals surface area contributed by atoms with Crippen molar-refractivity contribution in [2.75, 3.05) is 20.3 Å². The Morgan fingerprint density at radius 1 is 1.22 bits per heavy atom. The van der Waals surface area contributed by atoms with Gasteiger partial charge in [-0.3, -0.25) is 9.59 Å². The third kappa shape index (κ3) is 3.98. The summed E-state index contributed by atoms with van der Waals surface area (Å²) >= 11 is 0. The van der Waals surface area contributed by atoms with E-state index in [4.69, 9.17) is 4.74 Å². The van der Waals surface area contributed by atoms with Crippen LogP contribution in [0, 0.1) is 5.41 Å². The van der Waals surface area contributed by atoms with Crippen molar-refractivity contribution in [1.82, 2.24) is 10.6 Å². The van der Waals surface area contributed by atoms with E-state index in [2.05, 4.69) is 10.6 Å². The molecule has 0 bridgehead atoms. The van der Waals surface area contributed by atoms with E-state index in [1.165, 1.54) is 0 Å². The van der Waals surface area contributed by atoms with E-state index >= 15 is 0 Å². The van der Waals surface area contributed by atoms with Crippen LogP contribution in [0.1, 0.15) is 40.0 Å². The molecular weight excluding hydrogens is 232 g/mol. The lowest BCUT2D eigenvalue weighted by molar-refractivity contribution is -0.138. The molecule has 0 atom stereocenters. The van der Waals surface area contributed by atoms with Gasteiger partial charge in [-0.25, -0.2) is 0 Å². The Morgan fingerprint density at radius 2 is 1.83 bits per heavy atom. The first-order chi connectivity index (χ1) is 8.32. The summed E-state index contributed by atoms with van der Waals surface area (Å²) in [6, 6.07) is 0. The van der Waals surface area contributed by atoms with Gasteiger partial charge in [-0.05, 0) is 40.0 Å². The lowest BCUT2D eigenvalue weighted by atomic mass is 10.0. The van der Waals surface area contributed by atoms with E-state index in [1.807, 2.05) is 20.8 Å². The molecule has 2 amide bonds. The van der Waals surface area contributed by atoms with Gasteiger partial charge in [0.1, 0.15) is 5.41 Å². The lowest BCUT2D eigenvalue weighted by Gasteiger charge is -2.24. The molecule has 1 saturated carbocycles. The summed E-state index contributed by atoms with van der Waals surface area (Å²) in [6.07, 6.45) is 2.05. The van der Waals surface area contributed by atoms with E-state index in [9.17, 15) is 9.59 Å². The SMILES string of the molecule is COCCCNC(=O)C1(C(=O)NC(C)(C)C)CC1. The van der Waals surface area contributed by atoms with Crippen LogP contribution in [0.15, 0.2) is 0 Å². The molecule has 0 radical (unpaired) electrons. The number of methoxy groups -OCH3 is 1. The van der Waals surface area contributed by atoms with Gasteiger partial charge in [0.05, 0.1) is 0 Å². The molecule has 5 nitrogen and oxygen atoms in total. The molecule has 0 unspecified atom stereocenters. The van der Waals surface area contributed by atoms with Crippen molar-refractivity contribution >= 4 is 11.8 Å². The zero-order valence-corrected chi connectivity index (χ0v) is 11.8. The first-order valence-corrected chi connectivity index (χ1v) is 6.42. The van der Waals surface area contributed by atoms with Crippen LogP contribution in [0.3, 0.4) is 0 Å². The van der Waals surface area contributed by atoms with Crippen molar-refractivity contribution in [3.8, 4) is 0 Å². The van der Waals surface area contributed by atoms with Crippen molar-refractivity contribution in [3.05, 3.63) is 0 Å². The molecule has 1 aliphatic carbocycles. The van der Waals surface area contributed by atoms with E-state index in [-0.39, 0.29) is 17.4 Å². The van der Waals surface area contributed by atoms with Gasteiger partial charge in [-0.1, -0.05) is 0 Å². The molecule has 0 spiro atoms. The summed E-state index contributed by atoms with van der Waals surface area (Å²) in [6.45, 7) is 6.91. The Morgan fingerprint density at radius 3 is 2.28 bits per heavy atom. The van der Waals surface area contributed by atoms with Crippen molar-refractivity contribution in [1.29, 1.82) is 0 Å². The highest BCUT2D eigenvalue weighted by atomic mass is 16.5. The third-order valence-electron chi connectivity index (χ3n) is 2.92. The molecule has 1 rings (SSSR count). The van der Waals surface area contributed by atoms with Crippen molar-refractivity contribution in [2.24, 2.45) is 5.41 Å². The zero-order valence-electron chi connectivity index (χ0n) is 11.8. The highest BCUT2D eigenvalue weighted by molar-refractivity contribution is 6.08. The van der Waals surface area contributed by atoms with Gasteiger partial charge >= 0.3 is 0 Å². The topological polar surface area (TPSA) is 67.4 Å². The van der Waals surface area contributed by atoms with Gasteiger partial charge in [-0.2, -0.15) is 0 Å². The first-order valence-electron chi connectivity index (χ1n) is 6.42. The molecule has 5 heteroatoms. The van der Waals surface area contributed by atoms with Crippen LogP contribution in [-0.2, 0) is 14.3 Å². The molecule has 0 saturated heterocycles. The number of hydrogen-bond donors (Lipinski definition) is 2. The predicted octanol–water partition coefficient (Wildman–Crippen LogP) is 0.834. The summed E-state index contributed by atoms with van der Waals surface area (Å²) in [4.78, 5) is 24.1. The number of carbonyl (C=O) groups is 2. The standard InChI is InChI=1S/C13H24N2O3/c1-12(2,3)15-11(17)13(6-7-13)10(16)14-8-5-9-18-4/h5-9H2,1-4H3,(H,14,16)(H,15,17). The highest BCUT2D eigenvalue weighted by Gasteiger charge is 2.56. The maximum Gasteiger partial charge on any atom is 0.236 e. The number of rotatable bonds is 6. The molecule has 104 valence electrons. The highest BCUT2D eigenvalue weighted by Crippen LogP contribution is 2.46. The fourth-order valence-corrected chi connectivity index (χ4v) is 1.73. The smallest absolute Gasteiger partial charge is 0.236 e. The number of hydrogen-bond acceptors (Lipinski definition) is 3. The summed E-state index contributed by atoms with van der Waals surface area (Å²) < 4.78 is 4.91. The Hall–Kier alpha value is -1.10. The minimum Gasteiger partial charge on any atom is -0.385 e. The molecule has 18 heavy (non-hydrogen) atoms. The zero-order chi connectivity index (χ0) is 13.8. The molecule has 0 aromatic carbocycles. The van der Waals surface area contributed by atoms with Crippen LogP contribution >= 0.6 is 0 Å². The van der Waals surface area contributed by atoms with E-state index < -0.39 is 5.41 Å². The van der Waals surface area contributed by atoms with Crippen LogP contribution in [0.5, 0.6) is 0 Å². The van der Waals surface area contributed by atoms with Crippen molar-refractivity contribution < 1.29 is 14.3 Å². The Kier molecular flexibility index (Phi) is 4.73. The lowest BCUT2D eigenvalue weighted by Crippen LogP contribution is -2.49. The predicted molar refractivity (Wildman–Crippen MR) is 69.1 cm³/mol. The van der Waals surface area contributed by atoms with Gasteiger partial charge in [0.2, 0.25) is 11.8 Å². The number of amides is 2. The molecule has 0 heterocycles. The molecule has 2 N–H and O–H groups in total. The van der Waals surface area contributed by atoms with Crippen LogP contribution in [0.4, 0.5) is 0 Å². The second-order valence-electron chi connectivity index (χ2n) is 5.89. The molecule has 0 aromatic heterocycles. The van der Waals surface area contributed by atoms with Crippen LogP contribution in [0.25, 0.3) is 0 Å². The average molecular weight is 256 g/mol. The minimum absolute atomic E-state index is 0.152. The number of carbonyl (C=O) groups excluding carboxylic acids is 2. The van der Waals surface area contributed by atoms with Gasteiger partial charge in [0.25, 0.3) is 0 Å². The fraction of sp³-hybridized carbons (Fsp3) is 0.846. The second-order valence-corrected chi connectivity index (χ2v) is 5.89. The van der Waals surface area contributed by atoms with E-state index in [1.54, 1.807) is 7.11 Å². The molecule has 1 fully saturated rings. The molecule has 0 aromatic rings. The average Bonchev–Trinajstić information content (AvgIpc) is 3.02.